The van der Waals surface area contributed by atoms with E-state index >= 15 is 0 Å². The van der Waals surface area contributed by atoms with Crippen LogP contribution in [-0.2, 0) is 9.53 Å². The van der Waals surface area contributed by atoms with Crippen LogP contribution in [0.15, 0.2) is 0 Å². The molecule has 106 valence electrons. The van der Waals surface area contributed by atoms with Crippen molar-refractivity contribution < 1.29 is 9.53 Å². The van der Waals surface area contributed by atoms with Crippen molar-refractivity contribution in [1.29, 1.82) is 0 Å². The number of carbonyl (C=O) groups is 1. The van der Waals surface area contributed by atoms with Gasteiger partial charge in [0.25, 0.3) is 0 Å². The zero-order valence-electron chi connectivity index (χ0n) is 11.6. The van der Waals surface area contributed by atoms with Gasteiger partial charge in [-0.2, -0.15) is 0 Å². The Labute approximate surface area is 111 Å². The van der Waals surface area contributed by atoms with Gasteiger partial charge in [0.05, 0.1) is 5.92 Å². The summed E-state index contributed by atoms with van der Waals surface area (Å²) in [6.45, 7) is 4.42. The predicted molar refractivity (Wildman–Crippen MR) is 73.3 cm³/mol. The number of hydrogen-bond acceptors (Lipinski definition) is 3. The van der Waals surface area contributed by atoms with Crippen molar-refractivity contribution in [3.8, 4) is 0 Å². The van der Waals surface area contributed by atoms with Gasteiger partial charge in [0.15, 0.2) is 0 Å². The maximum absolute atomic E-state index is 11.9. The second-order valence-electron chi connectivity index (χ2n) is 5.17. The maximum Gasteiger partial charge on any atom is 0.224 e. The maximum atomic E-state index is 11.9. The molecule has 4 nitrogen and oxygen atoms in total. The Hall–Kier alpha value is -0.610. The number of ether oxygens (including phenoxy) is 1. The van der Waals surface area contributed by atoms with Crippen LogP contribution in [0.4, 0.5) is 0 Å². The number of hydrogen-bond donors (Lipinski definition) is 2. The minimum atomic E-state index is 0.0276. The summed E-state index contributed by atoms with van der Waals surface area (Å²) in [6.07, 6.45) is 7.39. The van der Waals surface area contributed by atoms with E-state index in [9.17, 15) is 4.79 Å². The molecule has 18 heavy (non-hydrogen) atoms. The topological polar surface area (TPSA) is 64.3 Å². The molecule has 1 amide bonds. The smallest absolute Gasteiger partial charge is 0.224 e. The van der Waals surface area contributed by atoms with Crippen LogP contribution in [-0.4, -0.2) is 31.7 Å². The fraction of sp³-hybridized carbons (Fsp3) is 0.929. The Morgan fingerprint density at radius 1 is 1.28 bits per heavy atom. The number of amides is 1. The SMILES string of the molecule is CCCCOCCCNC(=O)C1CCCCC1N. The summed E-state index contributed by atoms with van der Waals surface area (Å²) in [5, 5.41) is 2.97. The lowest BCUT2D eigenvalue weighted by atomic mass is 9.84. The molecule has 0 aromatic carbocycles. The van der Waals surface area contributed by atoms with Crippen LogP contribution in [0.1, 0.15) is 51.9 Å². The van der Waals surface area contributed by atoms with E-state index in [0.717, 1.165) is 58.2 Å². The Kier molecular flexibility index (Phi) is 8.01. The zero-order chi connectivity index (χ0) is 13.2. The van der Waals surface area contributed by atoms with E-state index in [1.807, 2.05) is 0 Å². The summed E-state index contributed by atoms with van der Waals surface area (Å²) in [5.74, 6) is 0.163. The lowest BCUT2D eigenvalue weighted by molar-refractivity contribution is -0.126. The van der Waals surface area contributed by atoms with Gasteiger partial charge in [-0.1, -0.05) is 26.2 Å². The van der Waals surface area contributed by atoms with Crippen LogP contribution >= 0.6 is 0 Å². The van der Waals surface area contributed by atoms with Crippen LogP contribution in [0.5, 0.6) is 0 Å². The number of unbranched alkanes of at least 4 members (excludes halogenated alkanes) is 1. The first kappa shape index (κ1) is 15.4. The van der Waals surface area contributed by atoms with E-state index in [1.54, 1.807) is 0 Å². The fourth-order valence-corrected chi connectivity index (χ4v) is 2.35. The second-order valence-corrected chi connectivity index (χ2v) is 5.17. The fourth-order valence-electron chi connectivity index (χ4n) is 2.35. The standard InChI is InChI=1S/C14H28N2O2/c1-2-3-10-18-11-6-9-16-14(17)12-7-4-5-8-13(12)15/h12-13H,2-11,15H2,1H3,(H,16,17). The summed E-state index contributed by atoms with van der Waals surface area (Å²) in [4.78, 5) is 11.9. The minimum Gasteiger partial charge on any atom is -0.381 e. The number of carbonyl (C=O) groups excluding carboxylic acids is 1. The molecule has 0 aromatic rings. The molecule has 0 radical (unpaired) electrons. The molecular weight excluding hydrogens is 228 g/mol. The lowest BCUT2D eigenvalue weighted by Gasteiger charge is -2.27. The molecule has 4 heteroatoms. The van der Waals surface area contributed by atoms with Crippen molar-refractivity contribution >= 4 is 5.91 Å². The second kappa shape index (κ2) is 9.34. The molecule has 1 fully saturated rings. The van der Waals surface area contributed by atoms with Crippen LogP contribution in [0.2, 0.25) is 0 Å². The Balaban J connectivity index is 2.02. The largest absolute Gasteiger partial charge is 0.381 e. The van der Waals surface area contributed by atoms with Gasteiger partial charge in [-0.3, -0.25) is 4.79 Å². The van der Waals surface area contributed by atoms with Crippen LogP contribution in [0.25, 0.3) is 0 Å². The normalized spacial score (nSPS) is 23.9. The molecule has 1 aliphatic carbocycles. The van der Waals surface area contributed by atoms with Crippen LogP contribution in [0.3, 0.4) is 0 Å². The van der Waals surface area contributed by atoms with Gasteiger partial charge in [-0.15, -0.1) is 0 Å². The Bertz CT molecular complexity index is 234. The van der Waals surface area contributed by atoms with Gasteiger partial charge in [0, 0.05) is 25.8 Å². The number of nitrogens with two attached hydrogens (primary N) is 1. The van der Waals surface area contributed by atoms with Crippen molar-refractivity contribution in [2.75, 3.05) is 19.8 Å². The molecule has 0 aliphatic heterocycles. The van der Waals surface area contributed by atoms with Gasteiger partial charge < -0.3 is 15.8 Å². The third-order valence-electron chi connectivity index (χ3n) is 3.56. The molecule has 0 saturated heterocycles. The van der Waals surface area contributed by atoms with Crippen molar-refractivity contribution in [2.24, 2.45) is 11.7 Å². The predicted octanol–water partition coefficient (Wildman–Crippen LogP) is 1.83. The summed E-state index contributed by atoms with van der Waals surface area (Å²) in [7, 11) is 0. The molecule has 0 aromatic heterocycles. The molecule has 2 atom stereocenters. The van der Waals surface area contributed by atoms with Gasteiger partial charge in [-0.25, -0.2) is 0 Å². The van der Waals surface area contributed by atoms with Crippen molar-refractivity contribution in [2.45, 2.75) is 57.9 Å². The highest BCUT2D eigenvalue weighted by molar-refractivity contribution is 5.79. The monoisotopic (exact) mass is 256 g/mol. The number of nitrogens with one attached hydrogen (secondary N) is 1. The summed E-state index contributed by atoms with van der Waals surface area (Å²) < 4.78 is 5.45. The molecule has 2 unspecified atom stereocenters. The summed E-state index contributed by atoms with van der Waals surface area (Å²) in [6, 6.07) is 0.0551. The summed E-state index contributed by atoms with van der Waals surface area (Å²) >= 11 is 0. The molecule has 1 rings (SSSR count). The first-order valence-corrected chi connectivity index (χ1v) is 7.36. The van der Waals surface area contributed by atoms with E-state index in [4.69, 9.17) is 10.5 Å². The zero-order valence-corrected chi connectivity index (χ0v) is 11.6. The van der Waals surface area contributed by atoms with Gasteiger partial charge in [-0.05, 0) is 25.7 Å². The highest BCUT2D eigenvalue weighted by Gasteiger charge is 2.27. The van der Waals surface area contributed by atoms with E-state index < -0.39 is 0 Å². The van der Waals surface area contributed by atoms with Crippen LogP contribution < -0.4 is 11.1 Å². The average Bonchev–Trinajstić information content (AvgIpc) is 2.38. The van der Waals surface area contributed by atoms with E-state index in [0.29, 0.717) is 6.54 Å². The van der Waals surface area contributed by atoms with Crippen molar-refractivity contribution in [1.82, 2.24) is 5.32 Å². The third-order valence-corrected chi connectivity index (χ3v) is 3.56. The average molecular weight is 256 g/mol. The highest BCUT2D eigenvalue weighted by atomic mass is 16.5. The molecule has 0 bridgehead atoms. The quantitative estimate of drug-likeness (QED) is 0.651. The lowest BCUT2D eigenvalue weighted by Crippen LogP contribution is -2.44. The Morgan fingerprint density at radius 3 is 2.72 bits per heavy atom. The number of rotatable bonds is 8. The minimum absolute atomic E-state index is 0.0276. The summed E-state index contributed by atoms with van der Waals surface area (Å²) in [5.41, 5.74) is 5.98. The first-order valence-electron chi connectivity index (χ1n) is 7.36. The molecule has 1 saturated carbocycles. The molecule has 0 spiro atoms. The van der Waals surface area contributed by atoms with Crippen molar-refractivity contribution in [3.63, 3.8) is 0 Å². The molecule has 3 N–H and O–H groups in total. The highest BCUT2D eigenvalue weighted by Crippen LogP contribution is 2.22. The van der Waals surface area contributed by atoms with Gasteiger partial charge >= 0.3 is 0 Å². The van der Waals surface area contributed by atoms with Gasteiger partial charge in [0.1, 0.15) is 0 Å². The molecule has 1 aliphatic rings. The van der Waals surface area contributed by atoms with E-state index in [2.05, 4.69) is 12.2 Å². The third kappa shape index (κ3) is 5.83. The van der Waals surface area contributed by atoms with E-state index in [-0.39, 0.29) is 17.9 Å². The van der Waals surface area contributed by atoms with Crippen molar-refractivity contribution in [3.05, 3.63) is 0 Å². The Morgan fingerprint density at radius 2 is 2.00 bits per heavy atom. The first-order chi connectivity index (χ1) is 8.75. The molecule has 0 heterocycles. The van der Waals surface area contributed by atoms with Crippen LogP contribution in [0, 0.1) is 5.92 Å². The van der Waals surface area contributed by atoms with Gasteiger partial charge in [0.2, 0.25) is 5.91 Å². The molecular formula is C14H28N2O2. The van der Waals surface area contributed by atoms with E-state index in [1.165, 1.54) is 0 Å².